The molecular weight excluding hydrogens is 242 g/mol. The van der Waals surface area contributed by atoms with E-state index >= 15 is 0 Å². The van der Waals surface area contributed by atoms with E-state index in [1.807, 2.05) is 0 Å². The average molecular weight is 263 g/mol. The molecule has 0 unspecified atom stereocenters. The molecule has 2 fully saturated rings. The van der Waals surface area contributed by atoms with Gasteiger partial charge in [-0.15, -0.1) is 0 Å². The van der Waals surface area contributed by atoms with Crippen LogP contribution >= 0.6 is 0 Å². The molecule has 3 rings (SSSR count). The molecule has 4 nitrogen and oxygen atoms in total. The van der Waals surface area contributed by atoms with Crippen LogP contribution in [0.5, 0.6) is 0 Å². The number of furan rings is 1. The largest absolute Gasteiger partial charge is 0.475 e. The summed E-state index contributed by atoms with van der Waals surface area (Å²) < 4.78 is 5.39. The van der Waals surface area contributed by atoms with Crippen LogP contribution in [0.25, 0.3) is 0 Å². The Morgan fingerprint density at radius 2 is 2.05 bits per heavy atom. The summed E-state index contributed by atoms with van der Waals surface area (Å²) in [7, 11) is 0. The van der Waals surface area contributed by atoms with Crippen LogP contribution in [-0.2, 0) is 6.54 Å². The molecule has 2 atom stereocenters. The second-order valence-corrected chi connectivity index (χ2v) is 5.80. The Labute approximate surface area is 113 Å². The van der Waals surface area contributed by atoms with Crippen molar-refractivity contribution < 1.29 is 14.3 Å². The number of nitrogens with zero attached hydrogens (tertiary/aromatic N) is 1. The number of carboxylic acids is 1. The molecule has 1 saturated heterocycles. The Bertz CT molecular complexity index is 452. The minimum atomic E-state index is -0.986. The maximum Gasteiger partial charge on any atom is 0.371 e. The van der Waals surface area contributed by atoms with E-state index in [0.29, 0.717) is 6.04 Å². The van der Waals surface area contributed by atoms with E-state index < -0.39 is 5.97 Å². The van der Waals surface area contributed by atoms with Gasteiger partial charge >= 0.3 is 5.97 Å². The van der Waals surface area contributed by atoms with Crippen LogP contribution in [0.4, 0.5) is 0 Å². The lowest BCUT2D eigenvalue weighted by molar-refractivity contribution is 0.0481. The highest BCUT2D eigenvalue weighted by atomic mass is 16.4. The molecule has 2 heterocycles. The molecule has 1 aromatic heterocycles. The van der Waals surface area contributed by atoms with E-state index in [1.165, 1.54) is 38.5 Å². The highest BCUT2D eigenvalue weighted by molar-refractivity contribution is 5.84. The molecule has 0 amide bonds. The number of hydrogen-bond acceptors (Lipinski definition) is 3. The quantitative estimate of drug-likeness (QED) is 0.910. The Morgan fingerprint density at radius 1 is 1.26 bits per heavy atom. The van der Waals surface area contributed by atoms with Gasteiger partial charge in [0.05, 0.1) is 6.54 Å². The lowest BCUT2D eigenvalue weighted by atomic mass is 9.78. The number of likely N-dealkylation sites (tertiary alicyclic amines) is 1. The molecule has 0 bridgehead atoms. The summed E-state index contributed by atoms with van der Waals surface area (Å²) in [6.45, 7) is 1.87. The Balaban J connectivity index is 1.68. The van der Waals surface area contributed by atoms with Crippen LogP contribution < -0.4 is 0 Å². The molecular formula is C15H21NO3. The molecule has 1 aliphatic heterocycles. The highest BCUT2D eigenvalue weighted by Gasteiger charge is 2.33. The van der Waals surface area contributed by atoms with Crippen LogP contribution in [0, 0.1) is 5.92 Å². The topological polar surface area (TPSA) is 53.7 Å². The SMILES string of the molecule is O=C(O)c1ccc(CN2CCC[C@H]3CCCC[C@H]32)o1. The van der Waals surface area contributed by atoms with E-state index in [2.05, 4.69) is 4.90 Å². The van der Waals surface area contributed by atoms with Crippen LogP contribution in [-0.4, -0.2) is 28.6 Å². The molecule has 1 aliphatic carbocycles. The van der Waals surface area contributed by atoms with Crippen molar-refractivity contribution in [2.75, 3.05) is 6.54 Å². The number of rotatable bonds is 3. The van der Waals surface area contributed by atoms with E-state index in [9.17, 15) is 4.79 Å². The molecule has 2 aliphatic rings. The molecule has 1 aromatic rings. The average Bonchev–Trinajstić information content (AvgIpc) is 2.88. The molecule has 1 saturated carbocycles. The van der Waals surface area contributed by atoms with Gasteiger partial charge in [0.25, 0.3) is 0 Å². The predicted molar refractivity (Wildman–Crippen MR) is 71.1 cm³/mol. The number of aromatic carboxylic acids is 1. The molecule has 0 aromatic carbocycles. The fourth-order valence-electron chi connectivity index (χ4n) is 3.70. The van der Waals surface area contributed by atoms with Crippen molar-refractivity contribution in [3.05, 3.63) is 23.7 Å². The van der Waals surface area contributed by atoms with E-state index in [1.54, 1.807) is 12.1 Å². The first-order valence-electron chi connectivity index (χ1n) is 7.30. The van der Waals surface area contributed by atoms with Gasteiger partial charge in [-0.2, -0.15) is 0 Å². The van der Waals surface area contributed by atoms with E-state index in [4.69, 9.17) is 9.52 Å². The second kappa shape index (κ2) is 5.37. The molecule has 4 heteroatoms. The predicted octanol–water partition coefficient (Wildman–Crippen LogP) is 3.13. The van der Waals surface area contributed by atoms with Crippen molar-refractivity contribution in [2.24, 2.45) is 5.92 Å². The number of hydrogen-bond donors (Lipinski definition) is 1. The normalized spacial score (nSPS) is 28.0. The number of fused-ring (bicyclic) bond motifs is 1. The Hall–Kier alpha value is -1.29. The van der Waals surface area contributed by atoms with Gasteiger partial charge in [-0.05, 0) is 50.3 Å². The van der Waals surface area contributed by atoms with Gasteiger partial charge in [-0.1, -0.05) is 12.8 Å². The van der Waals surface area contributed by atoms with Crippen molar-refractivity contribution in [3.63, 3.8) is 0 Å². The maximum atomic E-state index is 10.8. The Morgan fingerprint density at radius 3 is 2.84 bits per heavy atom. The monoisotopic (exact) mass is 263 g/mol. The number of carboxylic acid groups (broad SMARTS) is 1. The molecule has 104 valence electrons. The fraction of sp³-hybridized carbons (Fsp3) is 0.667. The zero-order valence-electron chi connectivity index (χ0n) is 11.2. The minimum absolute atomic E-state index is 0.0483. The summed E-state index contributed by atoms with van der Waals surface area (Å²) in [6, 6.07) is 4.04. The number of carbonyl (C=O) groups is 1. The molecule has 0 spiro atoms. The smallest absolute Gasteiger partial charge is 0.371 e. The van der Waals surface area contributed by atoms with Gasteiger partial charge in [0, 0.05) is 6.04 Å². The lowest BCUT2D eigenvalue weighted by Crippen LogP contribution is -2.46. The maximum absolute atomic E-state index is 10.8. The summed E-state index contributed by atoms with van der Waals surface area (Å²) in [5.74, 6) is 0.688. The molecule has 19 heavy (non-hydrogen) atoms. The Kier molecular flexibility index (Phi) is 3.60. The zero-order chi connectivity index (χ0) is 13.2. The third-order valence-electron chi connectivity index (χ3n) is 4.59. The van der Waals surface area contributed by atoms with Crippen molar-refractivity contribution in [2.45, 2.75) is 51.1 Å². The summed E-state index contributed by atoms with van der Waals surface area (Å²) in [5, 5.41) is 8.88. The van der Waals surface area contributed by atoms with Crippen molar-refractivity contribution >= 4 is 5.97 Å². The summed E-state index contributed by atoms with van der Waals surface area (Å²) in [6.07, 6.45) is 7.97. The third-order valence-corrected chi connectivity index (χ3v) is 4.59. The van der Waals surface area contributed by atoms with Gasteiger partial charge in [0.1, 0.15) is 5.76 Å². The van der Waals surface area contributed by atoms with Gasteiger partial charge in [0.2, 0.25) is 5.76 Å². The van der Waals surface area contributed by atoms with E-state index in [0.717, 1.165) is 24.8 Å². The summed E-state index contributed by atoms with van der Waals surface area (Å²) >= 11 is 0. The first-order valence-corrected chi connectivity index (χ1v) is 7.30. The van der Waals surface area contributed by atoms with Gasteiger partial charge < -0.3 is 9.52 Å². The van der Waals surface area contributed by atoms with E-state index in [-0.39, 0.29) is 5.76 Å². The summed E-state index contributed by atoms with van der Waals surface area (Å²) in [4.78, 5) is 13.3. The molecule has 0 radical (unpaired) electrons. The highest BCUT2D eigenvalue weighted by Crippen LogP contribution is 2.36. The lowest BCUT2D eigenvalue weighted by Gasteiger charge is -2.43. The van der Waals surface area contributed by atoms with Gasteiger partial charge in [-0.25, -0.2) is 4.79 Å². The van der Waals surface area contributed by atoms with Crippen molar-refractivity contribution in [3.8, 4) is 0 Å². The van der Waals surface area contributed by atoms with Crippen LogP contribution in [0.15, 0.2) is 16.5 Å². The number of piperidine rings is 1. The van der Waals surface area contributed by atoms with Crippen molar-refractivity contribution in [1.29, 1.82) is 0 Å². The summed E-state index contributed by atoms with van der Waals surface area (Å²) in [5.41, 5.74) is 0. The van der Waals surface area contributed by atoms with Gasteiger partial charge in [-0.3, -0.25) is 4.90 Å². The first-order chi connectivity index (χ1) is 9.24. The standard InChI is InChI=1S/C15H21NO3/c17-15(18)14-8-7-12(19-14)10-16-9-3-5-11-4-1-2-6-13(11)16/h7-8,11,13H,1-6,9-10H2,(H,17,18)/t11-,13-/m1/s1. The minimum Gasteiger partial charge on any atom is -0.475 e. The van der Waals surface area contributed by atoms with Crippen LogP contribution in [0.3, 0.4) is 0 Å². The zero-order valence-corrected chi connectivity index (χ0v) is 11.2. The molecule has 1 N–H and O–H groups in total. The van der Waals surface area contributed by atoms with Crippen LogP contribution in [0.1, 0.15) is 54.8 Å². The van der Waals surface area contributed by atoms with Crippen LogP contribution in [0.2, 0.25) is 0 Å². The third kappa shape index (κ3) is 2.68. The second-order valence-electron chi connectivity index (χ2n) is 5.80. The first kappa shape index (κ1) is 12.7. The van der Waals surface area contributed by atoms with Gasteiger partial charge in [0.15, 0.2) is 0 Å². The van der Waals surface area contributed by atoms with Crippen molar-refractivity contribution in [1.82, 2.24) is 4.90 Å². The fourth-order valence-corrected chi connectivity index (χ4v) is 3.70.